The number of phenolic OH excluding ortho intramolecular Hbond substituents is 1. The fourth-order valence-electron chi connectivity index (χ4n) is 2.39. The largest absolute Gasteiger partial charge is 0.508 e. The Bertz CT molecular complexity index is 657. The number of carbonyl (C=O) groups excluding carboxylic acids is 1. The minimum absolute atomic E-state index is 0.139. The number of ether oxygens (including phenoxy) is 2. The number of hydrogen-bond donors (Lipinski definition) is 2. The summed E-state index contributed by atoms with van der Waals surface area (Å²) in [6.45, 7) is 0.599. The Morgan fingerprint density at radius 2 is 2.09 bits per heavy atom. The van der Waals surface area contributed by atoms with Gasteiger partial charge in [0.25, 0.3) is 0 Å². The molecular weight excluding hydrogens is 282 g/mol. The highest BCUT2D eigenvalue weighted by molar-refractivity contribution is 5.67. The number of amides is 1. The summed E-state index contributed by atoms with van der Waals surface area (Å²) in [6, 6.07) is 14.4. The second-order valence-electron chi connectivity index (χ2n) is 5.21. The Hall–Kier alpha value is -2.69. The zero-order valence-electron chi connectivity index (χ0n) is 12.0. The van der Waals surface area contributed by atoms with Crippen molar-refractivity contribution in [3.63, 3.8) is 0 Å². The quantitative estimate of drug-likeness (QED) is 0.914. The van der Waals surface area contributed by atoms with Crippen molar-refractivity contribution >= 4 is 6.09 Å². The number of carbonyl (C=O) groups is 1. The van der Waals surface area contributed by atoms with Crippen molar-refractivity contribution in [1.82, 2.24) is 5.32 Å². The van der Waals surface area contributed by atoms with Crippen molar-refractivity contribution in [2.75, 3.05) is 6.61 Å². The van der Waals surface area contributed by atoms with E-state index in [0.717, 1.165) is 11.1 Å². The lowest BCUT2D eigenvalue weighted by atomic mass is 10.0. The summed E-state index contributed by atoms with van der Waals surface area (Å²) < 4.78 is 10.7. The Morgan fingerprint density at radius 3 is 2.91 bits per heavy atom. The predicted octanol–water partition coefficient (Wildman–Crippen LogP) is 2.62. The molecule has 1 aliphatic rings. The van der Waals surface area contributed by atoms with E-state index in [4.69, 9.17) is 9.47 Å². The first-order chi connectivity index (χ1) is 10.7. The normalized spacial score (nSPS) is 16.3. The van der Waals surface area contributed by atoms with Gasteiger partial charge in [-0.1, -0.05) is 36.4 Å². The second-order valence-corrected chi connectivity index (χ2v) is 5.21. The Balaban J connectivity index is 1.51. The van der Waals surface area contributed by atoms with Crippen LogP contribution in [0.4, 0.5) is 4.79 Å². The van der Waals surface area contributed by atoms with Gasteiger partial charge in [0.15, 0.2) is 0 Å². The molecule has 22 heavy (non-hydrogen) atoms. The van der Waals surface area contributed by atoms with Crippen LogP contribution in [-0.4, -0.2) is 23.8 Å². The molecule has 114 valence electrons. The van der Waals surface area contributed by atoms with Gasteiger partial charge in [-0.15, -0.1) is 0 Å². The van der Waals surface area contributed by atoms with E-state index in [1.807, 2.05) is 30.3 Å². The van der Waals surface area contributed by atoms with Crippen LogP contribution in [0, 0.1) is 0 Å². The maximum atomic E-state index is 11.8. The first kappa shape index (κ1) is 14.3. The molecule has 1 unspecified atom stereocenters. The van der Waals surface area contributed by atoms with Gasteiger partial charge in [0, 0.05) is 6.07 Å². The molecule has 0 spiro atoms. The average molecular weight is 299 g/mol. The van der Waals surface area contributed by atoms with Crippen molar-refractivity contribution in [2.24, 2.45) is 0 Å². The minimum Gasteiger partial charge on any atom is -0.508 e. The number of alkyl carbamates (subject to hydrolysis) is 1. The number of rotatable bonds is 3. The molecule has 1 aliphatic heterocycles. The van der Waals surface area contributed by atoms with E-state index in [1.54, 1.807) is 18.2 Å². The molecule has 1 amide bonds. The summed E-state index contributed by atoms with van der Waals surface area (Å²) in [5, 5.41) is 12.2. The van der Waals surface area contributed by atoms with Crippen molar-refractivity contribution in [3.05, 3.63) is 59.7 Å². The van der Waals surface area contributed by atoms with Crippen LogP contribution < -0.4 is 10.1 Å². The lowest BCUT2D eigenvalue weighted by molar-refractivity contribution is 0.128. The average Bonchev–Trinajstić information content (AvgIpc) is 2.54. The van der Waals surface area contributed by atoms with Gasteiger partial charge >= 0.3 is 6.09 Å². The summed E-state index contributed by atoms with van der Waals surface area (Å²) in [5.74, 6) is 0.836. The molecule has 3 rings (SSSR count). The molecule has 2 N–H and O–H groups in total. The van der Waals surface area contributed by atoms with Gasteiger partial charge in [0.2, 0.25) is 0 Å². The lowest BCUT2D eigenvalue weighted by Gasteiger charge is -2.25. The number of aromatic hydroxyl groups is 1. The van der Waals surface area contributed by atoms with E-state index in [1.165, 1.54) is 0 Å². The van der Waals surface area contributed by atoms with E-state index in [-0.39, 0.29) is 18.4 Å². The molecule has 1 atom stereocenters. The molecule has 0 aromatic heterocycles. The van der Waals surface area contributed by atoms with Gasteiger partial charge in [0.1, 0.15) is 24.7 Å². The van der Waals surface area contributed by atoms with Gasteiger partial charge in [-0.05, 0) is 23.6 Å². The van der Waals surface area contributed by atoms with E-state index in [0.29, 0.717) is 18.8 Å². The molecule has 0 bridgehead atoms. The Kier molecular flexibility index (Phi) is 4.14. The molecule has 1 heterocycles. The van der Waals surface area contributed by atoms with E-state index < -0.39 is 6.09 Å². The van der Waals surface area contributed by atoms with Crippen molar-refractivity contribution in [3.8, 4) is 11.5 Å². The SMILES string of the molecule is O=C(NC1COc2cc(O)ccc2C1)OCc1ccccc1. The van der Waals surface area contributed by atoms with Crippen LogP contribution in [0.2, 0.25) is 0 Å². The molecule has 0 fully saturated rings. The first-order valence-electron chi connectivity index (χ1n) is 7.12. The Labute approximate surface area is 128 Å². The molecule has 5 nitrogen and oxygen atoms in total. The third-order valence-corrected chi connectivity index (χ3v) is 3.49. The van der Waals surface area contributed by atoms with Crippen LogP contribution in [0.25, 0.3) is 0 Å². The fraction of sp³-hybridized carbons (Fsp3) is 0.235. The second kappa shape index (κ2) is 6.39. The standard InChI is InChI=1S/C17H17NO4/c19-15-7-6-13-8-14(11-21-16(13)9-15)18-17(20)22-10-12-4-2-1-3-5-12/h1-7,9,14,19H,8,10-11H2,(H,18,20). The Morgan fingerprint density at radius 1 is 1.27 bits per heavy atom. The molecule has 0 saturated heterocycles. The molecule has 2 aromatic carbocycles. The van der Waals surface area contributed by atoms with Crippen LogP contribution in [0.3, 0.4) is 0 Å². The summed E-state index contributed by atoms with van der Waals surface area (Å²) in [5.41, 5.74) is 1.90. The smallest absolute Gasteiger partial charge is 0.407 e. The summed E-state index contributed by atoms with van der Waals surface area (Å²) >= 11 is 0. The van der Waals surface area contributed by atoms with Crippen molar-refractivity contribution in [1.29, 1.82) is 0 Å². The van der Waals surface area contributed by atoms with Crippen LogP contribution in [0.1, 0.15) is 11.1 Å². The highest BCUT2D eigenvalue weighted by Crippen LogP contribution is 2.28. The first-order valence-corrected chi connectivity index (χ1v) is 7.12. The molecule has 0 saturated carbocycles. The van der Waals surface area contributed by atoms with Crippen LogP contribution in [-0.2, 0) is 17.8 Å². The molecule has 5 heteroatoms. The predicted molar refractivity (Wildman–Crippen MR) is 80.9 cm³/mol. The van der Waals surface area contributed by atoms with Gasteiger partial charge in [-0.25, -0.2) is 4.79 Å². The number of fused-ring (bicyclic) bond motifs is 1. The van der Waals surface area contributed by atoms with Crippen LogP contribution in [0.5, 0.6) is 11.5 Å². The third kappa shape index (κ3) is 3.49. The topological polar surface area (TPSA) is 67.8 Å². The maximum absolute atomic E-state index is 11.8. The number of nitrogens with one attached hydrogen (secondary N) is 1. The van der Waals surface area contributed by atoms with Gasteiger partial charge in [-0.3, -0.25) is 0 Å². The van der Waals surface area contributed by atoms with Gasteiger partial charge < -0.3 is 19.9 Å². The van der Waals surface area contributed by atoms with E-state index in [9.17, 15) is 9.90 Å². The summed E-state index contributed by atoms with van der Waals surface area (Å²) in [6.07, 6.45) is 0.190. The van der Waals surface area contributed by atoms with Gasteiger partial charge in [-0.2, -0.15) is 0 Å². The van der Waals surface area contributed by atoms with Crippen LogP contribution in [0.15, 0.2) is 48.5 Å². The van der Waals surface area contributed by atoms with Crippen molar-refractivity contribution < 1.29 is 19.4 Å². The highest BCUT2D eigenvalue weighted by atomic mass is 16.5. The molecule has 0 radical (unpaired) electrons. The summed E-state index contributed by atoms with van der Waals surface area (Å²) in [7, 11) is 0. The zero-order valence-corrected chi connectivity index (χ0v) is 12.0. The number of phenols is 1. The monoisotopic (exact) mass is 299 g/mol. The van der Waals surface area contributed by atoms with E-state index in [2.05, 4.69) is 5.32 Å². The third-order valence-electron chi connectivity index (χ3n) is 3.49. The van der Waals surface area contributed by atoms with Gasteiger partial charge in [0.05, 0.1) is 6.04 Å². The fourth-order valence-corrected chi connectivity index (χ4v) is 2.39. The highest BCUT2D eigenvalue weighted by Gasteiger charge is 2.22. The molecule has 2 aromatic rings. The molecular formula is C17H17NO4. The minimum atomic E-state index is -0.459. The summed E-state index contributed by atoms with van der Waals surface area (Å²) in [4.78, 5) is 11.8. The molecule has 0 aliphatic carbocycles. The number of benzene rings is 2. The zero-order chi connectivity index (χ0) is 15.4. The van der Waals surface area contributed by atoms with Crippen molar-refractivity contribution in [2.45, 2.75) is 19.1 Å². The number of hydrogen-bond acceptors (Lipinski definition) is 4. The lowest BCUT2D eigenvalue weighted by Crippen LogP contribution is -2.42. The van der Waals surface area contributed by atoms with Crippen LogP contribution >= 0.6 is 0 Å². The van der Waals surface area contributed by atoms with E-state index >= 15 is 0 Å². The maximum Gasteiger partial charge on any atom is 0.407 e.